The second-order valence-corrected chi connectivity index (χ2v) is 3.16. The van der Waals surface area contributed by atoms with E-state index in [1.54, 1.807) is 25.3 Å². The SMILES string of the molecule is C=CC[C@@H](O)COc1ccc(OC)cc1. The van der Waals surface area contributed by atoms with Crippen molar-refractivity contribution in [2.75, 3.05) is 13.7 Å². The van der Waals surface area contributed by atoms with Crippen molar-refractivity contribution in [3.8, 4) is 11.5 Å². The lowest BCUT2D eigenvalue weighted by atomic mass is 10.2. The Hall–Kier alpha value is -1.48. The number of ether oxygens (including phenoxy) is 2. The maximum absolute atomic E-state index is 9.39. The lowest BCUT2D eigenvalue weighted by Crippen LogP contribution is -2.16. The maximum atomic E-state index is 9.39. The van der Waals surface area contributed by atoms with Gasteiger partial charge in [-0.1, -0.05) is 6.08 Å². The molecule has 1 rings (SSSR count). The minimum atomic E-state index is -0.496. The molecule has 0 heterocycles. The van der Waals surface area contributed by atoms with Crippen LogP contribution in [-0.4, -0.2) is 24.9 Å². The van der Waals surface area contributed by atoms with Crippen LogP contribution in [-0.2, 0) is 0 Å². The van der Waals surface area contributed by atoms with Gasteiger partial charge in [-0.2, -0.15) is 0 Å². The highest BCUT2D eigenvalue weighted by atomic mass is 16.5. The van der Waals surface area contributed by atoms with Gasteiger partial charge in [0.25, 0.3) is 0 Å². The zero-order chi connectivity index (χ0) is 11.1. The topological polar surface area (TPSA) is 38.7 Å². The van der Waals surface area contributed by atoms with E-state index in [0.29, 0.717) is 6.42 Å². The van der Waals surface area contributed by atoms with E-state index in [1.165, 1.54) is 0 Å². The summed E-state index contributed by atoms with van der Waals surface area (Å²) in [6, 6.07) is 7.24. The summed E-state index contributed by atoms with van der Waals surface area (Å²) in [6.07, 6.45) is 1.71. The van der Waals surface area contributed by atoms with Crippen molar-refractivity contribution in [3.63, 3.8) is 0 Å². The van der Waals surface area contributed by atoms with Crippen LogP contribution in [0.4, 0.5) is 0 Å². The summed E-state index contributed by atoms with van der Waals surface area (Å²) < 4.78 is 10.4. The largest absolute Gasteiger partial charge is 0.497 e. The molecule has 3 nitrogen and oxygen atoms in total. The highest BCUT2D eigenvalue weighted by Crippen LogP contribution is 2.17. The number of benzene rings is 1. The van der Waals surface area contributed by atoms with E-state index in [0.717, 1.165) is 11.5 Å². The van der Waals surface area contributed by atoms with Crippen LogP contribution in [0.25, 0.3) is 0 Å². The predicted octanol–water partition coefficient (Wildman–Crippen LogP) is 2.01. The Labute approximate surface area is 90.0 Å². The molecule has 1 aromatic carbocycles. The van der Waals surface area contributed by atoms with Crippen LogP contribution in [0.3, 0.4) is 0 Å². The van der Waals surface area contributed by atoms with Gasteiger partial charge in [0, 0.05) is 0 Å². The molecule has 0 radical (unpaired) electrons. The van der Waals surface area contributed by atoms with Crippen LogP contribution in [0.2, 0.25) is 0 Å². The molecular weight excluding hydrogens is 192 g/mol. The third kappa shape index (κ3) is 4.04. The Morgan fingerprint density at radius 1 is 1.33 bits per heavy atom. The molecule has 0 fully saturated rings. The summed E-state index contributed by atoms with van der Waals surface area (Å²) in [6.45, 7) is 3.82. The van der Waals surface area contributed by atoms with Gasteiger partial charge >= 0.3 is 0 Å². The standard InChI is InChI=1S/C12H16O3/c1-3-4-10(13)9-15-12-7-5-11(14-2)6-8-12/h3,5-8,10,13H,1,4,9H2,2H3/t10-/m1/s1. The molecule has 1 N–H and O–H groups in total. The molecule has 0 aliphatic carbocycles. The van der Waals surface area contributed by atoms with Crippen LogP contribution in [0, 0.1) is 0 Å². The number of rotatable bonds is 6. The van der Waals surface area contributed by atoms with Crippen LogP contribution < -0.4 is 9.47 Å². The quantitative estimate of drug-likeness (QED) is 0.727. The molecule has 0 aliphatic heterocycles. The molecule has 0 bridgehead atoms. The zero-order valence-corrected chi connectivity index (χ0v) is 8.85. The van der Waals surface area contributed by atoms with Gasteiger partial charge in [0.15, 0.2) is 0 Å². The monoisotopic (exact) mass is 208 g/mol. The molecule has 0 saturated carbocycles. The predicted molar refractivity (Wildman–Crippen MR) is 59.3 cm³/mol. The molecule has 1 atom stereocenters. The van der Waals surface area contributed by atoms with Crippen LogP contribution >= 0.6 is 0 Å². The fraction of sp³-hybridized carbons (Fsp3) is 0.333. The summed E-state index contributed by atoms with van der Waals surface area (Å²) in [4.78, 5) is 0. The van der Waals surface area contributed by atoms with E-state index in [9.17, 15) is 5.11 Å². The Balaban J connectivity index is 2.40. The Morgan fingerprint density at radius 3 is 2.47 bits per heavy atom. The Kier molecular flexibility index (Phi) is 4.71. The molecule has 82 valence electrons. The minimum Gasteiger partial charge on any atom is -0.497 e. The van der Waals surface area contributed by atoms with Crippen molar-refractivity contribution in [2.24, 2.45) is 0 Å². The Bertz CT molecular complexity index is 292. The van der Waals surface area contributed by atoms with Crippen molar-refractivity contribution in [3.05, 3.63) is 36.9 Å². The lowest BCUT2D eigenvalue weighted by molar-refractivity contribution is 0.110. The lowest BCUT2D eigenvalue weighted by Gasteiger charge is -2.10. The van der Waals surface area contributed by atoms with Crippen molar-refractivity contribution < 1.29 is 14.6 Å². The van der Waals surface area contributed by atoms with E-state index in [-0.39, 0.29) is 6.61 Å². The van der Waals surface area contributed by atoms with Crippen LogP contribution in [0.15, 0.2) is 36.9 Å². The van der Waals surface area contributed by atoms with E-state index >= 15 is 0 Å². The van der Waals surface area contributed by atoms with E-state index < -0.39 is 6.10 Å². The van der Waals surface area contributed by atoms with Crippen molar-refractivity contribution in [1.29, 1.82) is 0 Å². The first-order chi connectivity index (χ1) is 7.26. The normalized spacial score (nSPS) is 11.9. The molecule has 0 unspecified atom stereocenters. The first-order valence-electron chi connectivity index (χ1n) is 4.82. The molecule has 0 spiro atoms. The second kappa shape index (κ2) is 6.09. The van der Waals surface area contributed by atoms with Gasteiger partial charge in [0.1, 0.15) is 18.1 Å². The number of hydrogen-bond acceptors (Lipinski definition) is 3. The molecular formula is C12H16O3. The van der Waals surface area contributed by atoms with Crippen molar-refractivity contribution >= 4 is 0 Å². The van der Waals surface area contributed by atoms with Gasteiger partial charge in [0.2, 0.25) is 0 Å². The van der Waals surface area contributed by atoms with Crippen LogP contribution in [0.1, 0.15) is 6.42 Å². The molecule has 15 heavy (non-hydrogen) atoms. The molecule has 0 aliphatic rings. The second-order valence-electron chi connectivity index (χ2n) is 3.16. The van der Waals surface area contributed by atoms with Crippen molar-refractivity contribution in [1.82, 2.24) is 0 Å². The average molecular weight is 208 g/mol. The van der Waals surface area contributed by atoms with Gasteiger partial charge in [-0.05, 0) is 30.7 Å². The summed E-state index contributed by atoms with van der Waals surface area (Å²) >= 11 is 0. The number of aliphatic hydroxyl groups is 1. The van der Waals surface area contributed by atoms with Gasteiger partial charge in [-0.15, -0.1) is 6.58 Å². The molecule has 0 saturated heterocycles. The smallest absolute Gasteiger partial charge is 0.119 e. The Morgan fingerprint density at radius 2 is 1.93 bits per heavy atom. The first-order valence-corrected chi connectivity index (χ1v) is 4.82. The third-order valence-corrected chi connectivity index (χ3v) is 1.94. The zero-order valence-electron chi connectivity index (χ0n) is 8.85. The summed E-state index contributed by atoms with van der Waals surface area (Å²) in [5.74, 6) is 1.51. The first kappa shape index (κ1) is 11.6. The fourth-order valence-electron chi connectivity index (χ4n) is 1.12. The van der Waals surface area contributed by atoms with Gasteiger partial charge < -0.3 is 14.6 Å². The summed E-state index contributed by atoms with van der Waals surface area (Å²) in [5, 5.41) is 9.39. The number of aliphatic hydroxyl groups excluding tert-OH is 1. The van der Waals surface area contributed by atoms with E-state index in [1.807, 2.05) is 12.1 Å². The highest BCUT2D eigenvalue weighted by molar-refractivity contribution is 5.31. The van der Waals surface area contributed by atoms with Gasteiger partial charge in [-0.3, -0.25) is 0 Å². The van der Waals surface area contributed by atoms with Crippen LogP contribution in [0.5, 0.6) is 11.5 Å². The van der Waals surface area contributed by atoms with E-state index in [4.69, 9.17) is 9.47 Å². The molecule has 0 aromatic heterocycles. The average Bonchev–Trinajstić information content (AvgIpc) is 2.27. The molecule has 0 amide bonds. The molecule has 3 heteroatoms. The highest BCUT2D eigenvalue weighted by Gasteiger charge is 2.02. The van der Waals surface area contributed by atoms with E-state index in [2.05, 4.69) is 6.58 Å². The maximum Gasteiger partial charge on any atom is 0.119 e. The number of hydrogen-bond donors (Lipinski definition) is 1. The summed E-state index contributed by atoms with van der Waals surface area (Å²) in [7, 11) is 1.61. The summed E-state index contributed by atoms with van der Waals surface area (Å²) in [5.41, 5.74) is 0. The van der Waals surface area contributed by atoms with Crippen molar-refractivity contribution in [2.45, 2.75) is 12.5 Å². The fourth-order valence-corrected chi connectivity index (χ4v) is 1.12. The molecule has 1 aromatic rings. The minimum absolute atomic E-state index is 0.276. The third-order valence-electron chi connectivity index (χ3n) is 1.94. The number of methoxy groups -OCH3 is 1. The van der Waals surface area contributed by atoms with Gasteiger partial charge in [-0.25, -0.2) is 0 Å². The van der Waals surface area contributed by atoms with Gasteiger partial charge in [0.05, 0.1) is 13.2 Å².